The van der Waals surface area contributed by atoms with Crippen molar-refractivity contribution in [2.24, 2.45) is 0 Å². The highest BCUT2D eigenvalue weighted by atomic mass is 32.2. The highest BCUT2D eigenvalue weighted by molar-refractivity contribution is 7.92. The molecule has 0 fully saturated rings. The molecule has 11 heteroatoms. The molecule has 172 valence electrons. The van der Waals surface area contributed by atoms with Gasteiger partial charge in [-0.2, -0.15) is 0 Å². The molecule has 8 nitrogen and oxygen atoms in total. The average Bonchev–Trinajstić information content (AvgIpc) is 3.41. The number of para-hydroxylation sites is 1. The topological polar surface area (TPSA) is 108 Å². The van der Waals surface area contributed by atoms with Gasteiger partial charge in [-0.1, -0.05) is 30.3 Å². The first-order valence-corrected chi connectivity index (χ1v) is 12.7. The molecular formula is C22H21FN4O4S2. The molecule has 33 heavy (non-hydrogen) atoms. The van der Waals surface area contributed by atoms with E-state index in [0.29, 0.717) is 24.3 Å². The fourth-order valence-corrected chi connectivity index (χ4v) is 5.64. The summed E-state index contributed by atoms with van der Waals surface area (Å²) in [6, 6.07) is 13.0. The molecule has 0 aliphatic carbocycles. The van der Waals surface area contributed by atoms with Crippen LogP contribution in [0.2, 0.25) is 0 Å². The van der Waals surface area contributed by atoms with Crippen LogP contribution in [0.15, 0.2) is 53.9 Å². The first kappa shape index (κ1) is 22.9. The second-order valence-electron chi connectivity index (χ2n) is 7.37. The number of anilines is 2. The number of nitrogens with one attached hydrogen (secondary N) is 2. The fraction of sp³-hybridized carbons (Fsp3) is 0.227. The van der Waals surface area contributed by atoms with Crippen LogP contribution in [0.25, 0.3) is 0 Å². The van der Waals surface area contributed by atoms with Gasteiger partial charge >= 0.3 is 0 Å². The number of aromatic nitrogens is 1. The van der Waals surface area contributed by atoms with E-state index in [0.717, 1.165) is 16.9 Å². The molecule has 1 aliphatic rings. The van der Waals surface area contributed by atoms with Crippen molar-refractivity contribution in [3.05, 3.63) is 76.5 Å². The number of fused-ring (bicyclic) bond motifs is 1. The van der Waals surface area contributed by atoms with E-state index in [1.165, 1.54) is 22.5 Å². The standard InChI is InChI=1S/C22H21FN4O4S2/c23-18-7-3-2-6-17(18)21(29)26-22-25-16(14-32-22)13-20(28)24-10-12-33(30,31)27-11-9-15-5-1-4-8-19(15)27/h1-8,14H,9-13H2,(H,24,28)(H,25,26,29). The van der Waals surface area contributed by atoms with Gasteiger partial charge in [-0.25, -0.2) is 17.8 Å². The molecule has 0 atom stereocenters. The van der Waals surface area contributed by atoms with Crippen LogP contribution < -0.4 is 14.9 Å². The summed E-state index contributed by atoms with van der Waals surface area (Å²) in [5.41, 5.74) is 1.99. The van der Waals surface area contributed by atoms with Gasteiger partial charge in [-0.15, -0.1) is 11.3 Å². The third kappa shape index (κ3) is 5.37. The lowest BCUT2D eigenvalue weighted by molar-refractivity contribution is -0.120. The molecule has 2 heterocycles. The van der Waals surface area contributed by atoms with E-state index in [4.69, 9.17) is 0 Å². The molecule has 0 saturated heterocycles. The Kier molecular flexibility index (Phi) is 6.70. The van der Waals surface area contributed by atoms with Crippen molar-refractivity contribution in [2.75, 3.05) is 28.5 Å². The summed E-state index contributed by atoms with van der Waals surface area (Å²) in [7, 11) is -3.55. The zero-order valence-electron chi connectivity index (χ0n) is 17.5. The van der Waals surface area contributed by atoms with Crippen molar-refractivity contribution >= 4 is 44.0 Å². The number of amides is 2. The zero-order chi connectivity index (χ0) is 23.4. The lowest BCUT2D eigenvalue weighted by atomic mass is 10.2. The Morgan fingerprint density at radius 3 is 2.70 bits per heavy atom. The van der Waals surface area contributed by atoms with Crippen molar-refractivity contribution < 1.29 is 22.4 Å². The maximum Gasteiger partial charge on any atom is 0.260 e. The molecule has 4 rings (SSSR count). The van der Waals surface area contributed by atoms with Gasteiger partial charge in [-0.05, 0) is 30.2 Å². The number of carbonyl (C=O) groups excluding carboxylic acids is 2. The smallest absolute Gasteiger partial charge is 0.260 e. The Bertz CT molecular complexity index is 1290. The van der Waals surface area contributed by atoms with E-state index >= 15 is 0 Å². The van der Waals surface area contributed by atoms with E-state index in [-0.39, 0.29) is 35.3 Å². The Morgan fingerprint density at radius 1 is 1.12 bits per heavy atom. The average molecular weight is 489 g/mol. The maximum absolute atomic E-state index is 13.7. The minimum absolute atomic E-state index is 0.0269. The van der Waals surface area contributed by atoms with Gasteiger partial charge in [0.25, 0.3) is 5.91 Å². The van der Waals surface area contributed by atoms with Crippen LogP contribution in [0.4, 0.5) is 15.2 Å². The summed E-state index contributed by atoms with van der Waals surface area (Å²) in [6.45, 7) is 0.372. The molecule has 3 aromatic rings. The molecule has 2 N–H and O–H groups in total. The summed E-state index contributed by atoms with van der Waals surface area (Å²) in [5, 5.41) is 6.95. The summed E-state index contributed by atoms with van der Waals surface area (Å²) >= 11 is 1.11. The largest absolute Gasteiger partial charge is 0.355 e. The quantitative estimate of drug-likeness (QED) is 0.507. The molecule has 0 spiro atoms. The first-order chi connectivity index (χ1) is 15.8. The van der Waals surface area contributed by atoms with E-state index in [1.807, 2.05) is 12.1 Å². The Labute approximate surface area is 194 Å². The minimum atomic E-state index is -3.55. The van der Waals surface area contributed by atoms with E-state index in [2.05, 4.69) is 15.6 Å². The van der Waals surface area contributed by atoms with Crippen molar-refractivity contribution in [1.82, 2.24) is 10.3 Å². The van der Waals surface area contributed by atoms with Crippen LogP contribution in [0.3, 0.4) is 0 Å². The van der Waals surface area contributed by atoms with Crippen LogP contribution in [0.5, 0.6) is 0 Å². The van der Waals surface area contributed by atoms with Crippen molar-refractivity contribution in [1.29, 1.82) is 0 Å². The highest BCUT2D eigenvalue weighted by Crippen LogP contribution is 2.29. The molecule has 0 bridgehead atoms. The normalized spacial score (nSPS) is 12.9. The van der Waals surface area contributed by atoms with E-state index < -0.39 is 21.7 Å². The van der Waals surface area contributed by atoms with Crippen LogP contribution in [0.1, 0.15) is 21.6 Å². The second-order valence-corrected chi connectivity index (χ2v) is 10.2. The summed E-state index contributed by atoms with van der Waals surface area (Å²) < 4.78 is 40.5. The predicted molar refractivity (Wildman–Crippen MR) is 124 cm³/mol. The number of thiazole rings is 1. The number of hydrogen-bond acceptors (Lipinski definition) is 6. The molecule has 0 unspecified atom stereocenters. The second kappa shape index (κ2) is 9.67. The third-order valence-electron chi connectivity index (χ3n) is 5.09. The van der Waals surface area contributed by atoms with Gasteiger partial charge in [-0.3, -0.25) is 19.2 Å². The van der Waals surface area contributed by atoms with Crippen molar-refractivity contribution in [3.63, 3.8) is 0 Å². The van der Waals surface area contributed by atoms with Crippen molar-refractivity contribution in [2.45, 2.75) is 12.8 Å². The van der Waals surface area contributed by atoms with Crippen molar-refractivity contribution in [3.8, 4) is 0 Å². The van der Waals surface area contributed by atoms with Gasteiger partial charge in [0.1, 0.15) is 5.82 Å². The Hall–Kier alpha value is -3.31. The summed E-state index contributed by atoms with van der Waals surface area (Å²) in [4.78, 5) is 28.6. The molecule has 2 amide bonds. The molecule has 2 aromatic carbocycles. The Balaban J connectivity index is 1.26. The van der Waals surface area contributed by atoms with Gasteiger partial charge < -0.3 is 5.32 Å². The number of nitrogens with zero attached hydrogens (tertiary/aromatic N) is 2. The molecule has 0 saturated carbocycles. The van der Waals surface area contributed by atoms with Crippen LogP contribution in [0, 0.1) is 5.82 Å². The zero-order valence-corrected chi connectivity index (χ0v) is 19.1. The number of hydrogen-bond donors (Lipinski definition) is 2. The van der Waals surface area contributed by atoms with E-state index in [9.17, 15) is 22.4 Å². The SMILES string of the molecule is O=C(Cc1csc(NC(=O)c2ccccc2F)n1)NCCS(=O)(=O)N1CCc2ccccc21. The van der Waals surface area contributed by atoms with E-state index in [1.54, 1.807) is 23.6 Å². The highest BCUT2D eigenvalue weighted by Gasteiger charge is 2.28. The van der Waals surface area contributed by atoms with Crippen LogP contribution in [-0.2, 0) is 27.7 Å². The molecular weight excluding hydrogens is 467 g/mol. The number of sulfonamides is 1. The fourth-order valence-electron chi connectivity index (χ4n) is 3.51. The monoisotopic (exact) mass is 488 g/mol. The number of benzene rings is 2. The number of halogens is 1. The third-order valence-corrected chi connectivity index (χ3v) is 7.67. The number of carbonyl (C=O) groups is 2. The summed E-state index contributed by atoms with van der Waals surface area (Å²) in [6.07, 6.45) is 0.597. The maximum atomic E-state index is 13.7. The summed E-state index contributed by atoms with van der Waals surface area (Å²) in [5.74, 6) is -1.87. The van der Waals surface area contributed by atoms with Gasteiger partial charge in [0.05, 0.1) is 29.1 Å². The van der Waals surface area contributed by atoms with Crippen LogP contribution >= 0.6 is 11.3 Å². The first-order valence-electron chi connectivity index (χ1n) is 10.2. The van der Waals surface area contributed by atoms with Gasteiger partial charge in [0.15, 0.2) is 5.13 Å². The number of rotatable bonds is 8. The van der Waals surface area contributed by atoms with Crippen LogP contribution in [-0.4, -0.2) is 44.1 Å². The lowest BCUT2D eigenvalue weighted by Gasteiger charge is -2.19. The predicted octanol–water partition coefficient (Wildman–Crippen LogP) is 2.59. The minimum Gasteiger partial charge on any atom is -0.355 e. The molecule has 1 aromatic heterocycles. The molecule has 1 aliphatic heterocycles. The molecule has 0 radical (unpaired) electrons. The Morgan fingerprint density at radius 2 is 1.88 bits per heavy atom. The lowest BCUT2D eigenvalue weighted by Crippen LogP contribution is -2.37. The van der Waals surface area contributed by atoms with Gasteiger partial charge in [0.2, 0.25) is 15.9 Å². The van der Waals surface area contributed by atoms with Gasteiger partial charge in [0, 0.05) is 18.5 Å².